The number of ether oxygens (including phenoxy) is 1. The monoisotopic (exact) mass is 244 g/mol. The van der Waals surface area contributed by atoms with Gasteiger partial charge in [-0.2, -0.15) is 0 Å². The molecule has 0 spiro atoms. The zero-order chi connectivity index (χ0) is 11.0. The number of hydrogen-bond donors (Lipinski definition) is 0. The number of esters is 1. The van der Waals surface area contributed by atoms with Crippen LogP contribution in [0.3, 0.4) is 0 Å². The highest BCUT2D eigenvalue weighted by atomic mass is 35.5. The summed E-state index contributed by atoms with van der Waals surface area (Å²) in [5.41, 5.74) is 1.46. The van der Waals surface area contributed by atoms with E-state index < -0.39 is 5.97 Å². The van der Waals surface area contributed by atoms with Crippen LogP contribution in [0.5, 0.6) is 0 Å². The zero-order valence-corrected chi connectivity index (χ0v) is 9.21. The molecule has 0 bridgehead atoms. The topological polar surface area (TPSA) is 44.1 Å². The van der Waals surface area contributed by atoms with E-state index in [1.807, 2.05) is 0 Å². The van der Waals surface area contributed by atoms with Gasteiger partial charge in [0.2, 0.25) is 0 Å². The molecule has 0 unspecified atom stereocenters. The minimum absolute atomic E-state index is 0.335. The Morgan fingerprint density at radius 1 is 1.60 bits per heavy atom. The molecule has 0 aromatic carbocycles. The first kappa shape index (κ1) is 10.3. The summed E-state index contributed by atoms with van der Waals surface area (Å²) < 4.78 is 5.86. The number of hydrogen-bond acceptors (Lipinski definition) is 3. The van der Waals surface area contributed by atoms with Gasteiger partial charge in [0.1, 0.15) is 5.52 Å². The van der Waals surface area contributed by atoms with Gasteiger partial charge >= 0.3 is 5.97 Å². The van der Waals surface area contributed by atoms with E-state index in [-0.39, 0.29) is 0 Å². The maximum absolute atomic E-state index is 11.2. The van der Waals surface area contributed by atoms with E-state index in [4.69, 9.17) is 23.4 Å². The Balaban J connectivity index is 2.65. The Kier molecular flexibility index (Phi) is 2.54. The second-order valence-electron chi connectivity index (χ2n) is 2.87. The lowest BCUT2D eigenvalue weighted by Crippen LogP contribution is -2.01. The quantitative estimate of drug-likeness (QED) is 0.725. The van der Waals surface area contributed by atoms with Crippen molar-refractivity contribution in [3.63, 3.8) is 0 Å². The predicted molar refractivity (Wildman–Crippen MR) is 57.3 cm³/mol. The molecule has 2 rings (SSSR count). The molecule has 15 heavy (non-hydrogen) atoms. The summed E-state index contributed by atoms with van der Waals surface area (Å²) in [5.74, 6) is -0.460. The Hall–Kier alpha value is -1.26. The number of aromatic nitrogens is 2. The van der Waals surface area contributed by atoms with E-state index in [0.717, 1.165) is 0 Å². The summed E-state index contributed by atoms with van der Waals surface area (Å²) in [6.07, 6.45) is 2.92. The average Bonchev–Trinajstić information content (AvgIpc) is 2.53. The van der Waals surface area contributed by atoms with Crippen molar-refractivity contribution in [2.75, 3.05) is 7.11 Å². The Morgan fingerprint density at radius 3 is 3.00 bits per heavy atom. The van der Waals surface area contributed by atoms with Crippen molar-refractivity contribution in [3.8, 4) is 0 Å². The van der Waals surface area contributed by atoms with Crippen LogP contribution < -0.4 is 0 Å². The zero-order valence-electron chi connectivity index (χ0n) is 7.70. The van der Waals surface area contributed by atoms with Crippen molar-refractivity contribution in [1.29, 1.82) is 0 Å². The highest BCUT2D eigenvalue weighted by Gasteiger charge is 2.12. The maximum Gasteiger partial charge on any atom is 0.339 e. The standard InChI is InChI=1S/C9H6Cl2N2O2/c1-15-9(14)5-2-7-8(12-3-5)6(10)4-13(7)11/h2-4H,1H3. The van der Waals surface area contributed by atoms with E-state index in [1.165, 1.54) is 23.6 Å². The first-order valence-electron chi connectivity index (χ1n) is 4.04. The summed E-state index contributed by atoms with van der Waals surface area (Å²) in [7, 11) is 1.30. The van der Waals surface area contributed by atoms with Crippen LogP contribution in [-0.2, 0) is 4.74 Å². The number of halogens is 2. The smallest absolute Gasteiger partial charge is 0.339 e. The predicted octanol–water partition coefficient (Wildman–Crippen LogP) is 2.48. The molecular formula is C9H6Cl2N2O2. The molecule has 0 amide bonds. The number of fused-ring (bicyclic) bond motifs is 1. The summed E-state index contributed by atoms with van der Waals surface area (Å²) in [6, 6.07) is 1.58. The number of nitrogens with zero attached hydrogens (tertiary/aromatic N) is 2. The van der Waals surface area contributed by atoms with Crippen LogP contribution in [0.2, 0.25) is 5.02 Å². The largest absolute Gasteiger partial charge is 0.465 e. The minimum Gasteiger partial charge on any atom is -0.465 e. The molecule has 78 valence electrons. The van der Waals surface area contributed by atoms with Crippen molar-refractivity contribution in [2.24, 2.45) is 0 Å². The molecule has 0 atom stereocenters. The SMILES string of the molecule is COC(=O)c1cnc2c(Cl)cn(Cl)c2c1. The third kappa shape index (κ3) is 1.66. The molecule has 4 nitrogen and oxygen atoms in total. The summed E-state index contributed by atoms with van der Waals surface area (Å²) in [5, 5.41) is 0.441. The molecule has 0 aliphatic rings. The van der Waals surface area contributed by atoms with Crippen LogP contribution in [0.15, 0.2) is 18.5 Å². The van der Waals surface area contributed by atoms with Gasteiger partial charge in [0.25, 0.3) is 0 Å². The van der Waals surface area contributed by atoms with Crippen LogP contribution in [0, 0.1) is 0 Å². The lowest BCUT2D eigenvalue weighted by molar-refractivity contribution is 0.0600. The molecule has 0 saturated carbocycles. The Labute approximate surface area is 95.5 Å². The number of methoxy groups -OCH3 is 1. The third-order valence-corrected chi connectivity index (χ3v) is 2.53. The van der Waals surface area contributed by atoms with Gasteiger partial charge in [-0.1, -0.05) is 11.6 Å². The number of pyridine rings is 1. The molecular weight excluding hydrogens is 239 g/mol. The normalized spacial score (nSPS) is 10.6. The third-order valence-electron chi connectivity index (χ3n) is 1.97. The van der Waals surface area contributed by atoms with Gasteiger partial charge in [-0.25, -0.2) is 4.79 Å². The molecule has 0 aliphatic heterocycles. The summed E-state index contributed by atoms with van der Waals surface area (Å²) in [4.78, 5) is 15.3. The molecule has 0 N–H and O–H groups in total. The van der Waals surface area contributed by atoms with Crippen LogP contribution >= 0.6 is 23.4 Å². The first-order chi connectivity index (χ1) is 7.13. The minimum atomic E-state index is -0.460. The first-order valence-corrected chi connectivity index (χ1v) is 4.76. The van der Waals surface area contributed by atoms with E-state index in [2.05, 4.69) is 9.72 Å². The van der Waals surface area contributed by atoms with E-state index in [1.54, 1.807) is 6.07 Å². The number of carbonyl (C=O) groups is 1. The summed E-state index contributed by atoms with van der Waals surface area (Å²) in [6.45, 7) is 0. The summed E-state index contributed by atoms with van der Waals surface area (Å²) >= 11 is 11.7. The van der Waals surface area contributed by atoms with Crippen molar-refractivity contribution in [1.82, 2.24) is 9.07 Å². The highest BCUT2D eigenvalue weighted by molar-refractivity contribution is 6.36. The van der Waals surface area contributed by atoms with Gasteiger partial charge in [0.15, 0.2) is 0 Å². The maximum atomic E-state index is 11.2. The van der Waals surface area contributed by atoms with Crippen molar-refractivity contribution >= 4 is 40.4 Å². The lowest BCUT2D eigenvalue weighted by Gasteiger charge is -1.99. The van der Waals surface area contributed by atoms with Crippen molar-refractivity contribution in [2.45, 2.75) is 0 Å². The van der Waals surface area contributed by atoms with Crippen LogP contribution in [0.1, 0.15) is 10.4 Å². The molecule has 0 aliphatic carbocycles. The van der Waals surface area contributed by atoms with Gasteiger partial charge in [-0.3, -0.25) is 9.07 Å². The van der Waals surface area contributed by atoms with Gasteiger partial charge < -0.3 is 4.74 Å². The molecule has 2 heterocycles. The van der Waals surface area contributed by atoms with Crippen LogP contribution in [0.4, 0.5) is 0 Å². The molecule has 0 radical (unpaired) electrons. The molecule has 2 aromatic rings. The number of carbonyl (C=O) groups excluding carboxylic acids is 1. The Bertz CT molecular complexity index is 536. The van der Waals surface area contributed by atoms with Gasteiger partial charge in [0.05, 0.1) is 23.2 Å². The number of rotatable bonds is 1. The van der Waals surface area contributed by atoms with E-state index in [9.17, 15) is 4.79 Å². The van der Waals surface area contributed by atoms with Crippen LogP contribution in [-0.4, -0.2) is 22.1 Å². The van der Waals surface area contributed by atoms with Crippen molar-refractivity contribution < 1.29 is 9.53 Å². The average molecular weight is 245 g/mol. The van der Waals surface area contributed by atoms with E-state index in [0.29, 0.717) is 21.6 Å². The lowest BCUT2D eigenvalue weighted by atomic mass is 10.2. The molecule has 0 saturated heterocycles. The fraction of sp³-hybridized carbons (Fsp3) is 0.111. The fourth-order valence-corrected chi connectivity index (χ4v) is 1.78. The Morgan fingerprint density at radius 2 is 2.33 bits per heavy atom. The van der Waals surface area contributed by atoms with Crippen LogP contribution in [0.25, 0.3) is 11.0 Å². The highest BCUT2D eigenvalue weighted by Crippen LogP contribution is 2.25. The molecule has 6 heteroatoms. The fourth-order valence-electron chi connectivity index (χ4n) is 1.26. The second-order valence-corrected chi connectivity index (χ2v) is 3.64. The van der Waals surface area contributed by atoms with Gasteiger partial charge in [-0.15, -0.1) is 0 Å². The van der Waals surface area contributed by atoms with E-state index >= 15 is 0 Å². The molecule has 2 aromatic heterocycles. The second kappa shape index (κ2) is 3.72. The van der Waals surface area contributed by atoms with Gasteiger partial charge in [0, 0.05) is 24.2 Å². The van der Waals surface area contributed by atoms with Crippen molar-refractivity contribution in [3.05, 3.63) is 29.0 Å². The van der Waals surface area contributed by atoms with Gasteiger partial charge in [-0.05, 0) is 6.07 Å². The molecule has 0 fully saturated rings.